The van der Waals surface area contributed by atoms with Gasteiger partial charge in [-0.3, -0.25) is 9.59 Å². The molecule has 2 N–H and O–H groups in total. The Balaban J connectivity index is 1.61. The van der Waals surface area contributed by atoms with Gasteiger partial charge in [-0.15, -0.1) is 0 Å². The number of rotatable bonds is 4. The SMILES string of the molecule is O=C(Cc1ccccc1Cl)NCc1ccc2c(c1)NC(=O)CCO2. The number of carbonyl (C=O) groups excluding carboxylic acids is 2. The number of halogens is 1. The second kappa shape index (κ2) is 7.36. The first-order valence-corrected chi connectivity index (χ1v) is 8.05. The molecule has 0 aliphatic carbocycles. The molecule has 0 radical (unpaired) electrons. The predicted octanol–water partition coefficient (Wildman–Crippen LogP) is 2.92. The quantitative estimate of drug-likeness (QED) is 0.896. The average Bonchev–Trinajstić information content (AvgIpc) is 2.75. The van der Waals surface area contributed by atoms with E-state index in [0.29, 0.717) is 36.0 Å². The van der Waals surface area contributed by atoms with Crippen LogP contribution in [0.1, 0.15) is 17.5 Å². The molecule has 2 aromatic carbocycles. The zero-order chi connectivity index (χ0) is 16.9. The van der Waals surface area contributed by atoms with E-state index in [9.17, 15) is 9.59 Å². The minimum absolute atomic E-state index is 0.0753. The minimum Gasteiger partial charge on any atom is -0.491 e. The molecule has 124 valence electrons. The van der Waals surface area contributed by atoms with Crippen molar-refractivity contribution in [1.29, 1.82) is 0 Å². The topological polar surface area (TPSA) is 67.4 Å². The number of nitrogens with one attached hydrogen (secondary N) is 2. The molecule has 2 aromatic rings. The largest absolute Gasteiger partial charge is 0.491 e. The summed E-state index contributed by atoms with van der Waals surface area (Å²) in [6.45, 7) is 0.735. The first kappa shape index (κ1) is 16.3. The van der Waals surface area contributed by atoms with Gasteiger partial charge in [0.2, 0.25) is 11.8 Å². The van der Waals surface area contributed by atoms with Crippen LogP contribution in [0.2, 0.25) is 5.02 Å². The summed E-state index contributed by atoms with van der Waals surface area (Å²) in [4.78, 5) is 23.7. The van der Waals surface area contributed by atoms with Gasteiger partial charge in [-0.05, 0) is 29.3 Å². The van der Waals surface area contributed by atoms with Gasteiger partial charge in [0.15, 0.2) is 0 Å². The molecule has 0 saturated carbocycles. The van der Waals surface area contributed by atoms with Crippen molar-refractivity contribution < 1.29 is 14.3 Å². The Hall–Kier alpha value is -2.53. The smallest absolute Gasteiger partial charge is 0.227 e. The van der Waals surface area contributed by atoms with Crippen molar-refractivity contribution in [3.05, 3.63) is 58.6 Å². The van der Waals surface area contributed by atoms with E-state index in [1.165, 1.54) is 0 Å². The van der Waals surface area contributed by atoms with Gasteiger partial charge in [0.25, 0.3) is 0 Å². The summed E-state index contributed by atoms with van der Waals surface area (Å²) in [5.41, 5.74) is 2.31. The highest BCUT2D eigenvalue weighted by molar-refractivity contribution is 6.31. The highest BCUT2D eigenvalue weighted by Gasteiger charge is 2.14. The lowest BCUT2D eigenvalue weighted by Crippen LogP contribution is -2.24. The van der Waals surface area contributed by atoms with Crippen LogP contribution in [0, 0.1) is 0 Å². The molecule has 24 heavy (non-hydrogen) atoms. The molecule has 0 spiro atoms. The zero-order valence-corrected chi connectivity index (χ0v) is 13.7. The standard InChI is InChI=1S/C18H17ClN2O3/c19-14-4-2-1-3-13(14)10-18(23)20-11-12-5-6-16-15(9-12)21-17(22)7-8-24-16/h1-6,9H,7-8,10-11H2,(H,20,23)(H,21,22). The molecule has 0 atom stereocenters. The molecule has 1 aliphatic rings. The maximum absolute atomic E-state index is 12.1. The highest BCUT2D eigenvalue weighted by atomic mass is 35.5. The van der Waals surface area contributed by atoms with Gasteiger partial charge in [-0.2, -0.15) is 0 Å². The van der Waals surface area contributed by atoms with Crippen LogP contribution < -0.4 is 15.4 Å². The first-order chi connectivity index (χ1) is 11.6. The van der Waals surface area contributed by atoms with Gasteiger partial charge < -0.3 is 15.4 Å². The Labute approximate surface area is 145 Å². The number of benzene rings is 2. The van der Waals surface area contributed by atoms with Crippen molar-refractivity contribution in [2.75, 3.05) is 11.9 Å². The second-order valence-corrected chi connectivity index (χ2v) is 5.93. The van der Waals surface area contributed by atoms with E-state index in [1.54, 1.807) is 12.1 Å². The van der Waals surface area contributed by atoms with E-state index in [1.807, 2.05) is 30.3 Å². The van der Waals surface area contributed by atoms with Crippen molar-refractivity contribution in [3.63, 3.8) is 0 Å². The van der Waals surface area contributed by atoms with Gasteiger partial charge in [0, 0.05) is 11.6 Å². The molecule has 0 bridgehead atoms. The van der Waals surface area contributed by atoms with Crippen LogP contribution in [0.25, 0.3) is 0 Å². The van der Waals surface area contributed by atoms with Crippen molar-refractivity contribution in [2.45, 2.75) is 19.4 Å². The molecule has 1 aliphatic heterocycles. The molecule has 2 amide bonds. The Kier molecular flexibility index (Phi) is 5.01. The maximum Gasteiger partial charge on any atom is 0.227 e. The van der Waals surface area contributed by atoms with Crippen LogP contribution in [0.4, 0.5) is 5.69 Å². The fourth-order valence-corrected chi connectivity index (χ4v) is 2.66. The van der Waals surface area contributed by atoms with Crippen LogP contribution in [-0.2, 0) is 22.6 Å². The van der Waals surface area contributed by atoms with E-state index in [-0.39, 0.29) is 18.2 Å². The van der Waals surface area contributed by atoms with Gasteiger partial charge in [0.1, 0.15) is 5.75 Å². The molecular weight excluding hydrogens is 328 g/mol. The summed E-state index contributed by atoms with van der Waals surface area (Å²) in [7, 11) is 0. The Morgan fingerprint density at radius 1 is 1.25 bits per heavy atom. The van der Waals surface area contributed by atoms with E-state index < -0.39 is 0 Å². The van der Waals surface area contributed by atoms with E-state index >= 15 is 0 Å². The number of hydrogen-bond acceptors (Lipinski definition) is 3. The lowest BCUT2D eigenvalue weighted by Gasteiger charge is -2.10. The summed E-state index contributed by atoms with van der Waals surface area (Å²) in [5.74, 6) is 0.457. The lowest BCUT2D eigenvalue weighted by molar-refractivity contribution is -0.120. The van der Waals surface area contributed by atoms with Crippen molar-refractivity contribution >= 4 is 29.1 Å². The van der Waals surface area contributed by atoms with Crippen LogP contribution in [-0.4, -0.2) is 18.4 Å². The Morgan fingerprint density at radius 3 is 2.92 bits per heavy atom. The maximum atomic E-state index is 12.1. The van der Waals surface area contributed by atoms with Crippen LogP contribution in [0.3, 0.4) is 0 Å². The third kappa shape index (κ3) is 4.06. The van der Waals surface area contributed by atoms with Crippen LogP contribution >= 0.6 is 11.6 Å². The fourth-order valence-electron chi connectivity index (χ4n) is 2.45. The Bertz CT molecular complexity index is 777. The molecule has 0 fully saturated rings. The number of ether oxygens (including phenoxy) is 1. The fraction of sp³-hybridized carbons (Fsp3) is 0.222. The third-order valence-electron chi connectivity index (χ3n) is 3.70. The summed E-state index contributed by atoms with van der Waals surface area (Å²) in [6, 6.07) is 12.8. The minimum atomic E-state index is -0.113. The highest BCUT2D eigenvalue weighted by Crippen LogP contribution is 2.28. The van der Waals surface area contributed by atoms with E-state index in [0.717, 1.165) is 11.1 Å². The second-order valence-electron chi connectivity index (χ2n) is 5.52. The third-order valence-corrected chi connectivity index (χ3v) is 4.07. The van der Waals surface area contributed by atoms with Crippen molar-refractivity contribution in [1.82, 2.24) is 5.32 Å². The zero-order valence-electron chi connectivity index (χ0n) is 13.0. The van der Waals surface area contributed by atoms with Crippen molar-refractivity contribution in [3.8, 4) is 5.75 Å². The number of anilines is 1. The molecule has 0 saturated heterocycles. The number of amides is 2. The summed E-state index contributed by atoms with van der Waals surface area (Å²) < 4.78 is 5.51. The molecule has 0 unspecified atom stereocenters. The van der Waals surface area contributed by atoms with Crippen LogP contribution in [0.15, 0.2) is 42.5 Å². The summed E-state index contributed by atoms with van der Waals surface area (Å²) in [6.07, 6.45) is 0.559. The van der Waals surface area contributed by atoms with Crippen LogP contribution in [0.5, 0.6) is 5.75 Å². The molecule has 5 nitrogen and oxygen atoms in total. The van der Waals surface area contributed by atoms with Gasteiger partial charge in [-0.1, -0.05) is 35.9 Å². The molecule has 1 heterocycles. The number of fused-ring (bicyclic) bond motifs is 1. The van der Waals surface area contributed by atoms with E-state index in [4.69, 9.17) is 16.3 Å². The number of hydrogen-bond donors (Lipinski definition) is 2. The molecule has 6 heteroatoms. The lowest BCUT2D eigenvalue weighted by atomic mass is 10.1. The summed E-state index contributed by atoms with van der Waals surface area (Å²) in [5, 5.41) is 6.24. The summed E-state index contributed by atoms with van der Waals surface area (Å²) >= 11 is 6.06. The molecule has 3 rings (SSSR count). The first-order valence-electron chi connectivity index (χ1n) is 7.67. The average molecular weight is 345 g/mol. The van der Waals surface area contributed by atoms with Gasteiger partial charge in [-0.25, -0.2) is 0 Å². The molecule has 0 aromatic heterocycles. The number of carbonyl (C=O) groups is 2. The Morgan fingerprint density at radius 2 is 2.08 bits per heavy atom. The van der Waals surface area contributed by atoms with Crippen molar-refractivity contribution in [2.24, 2.45) is 0 Å². The van der Waals surface area contributed by atoms with Gasteiger partial charge in [0.05, 0.1) is 25.1 Å². The van der Waals surface area contributed by atoms with E-state index in [2.05, 4.69) is 10.6 Å². The predicted molar refractivity (Wildman–Crippen MR) is 92.2 cm³/mol. The van der Waals surface area contributed by atoms with Gasteiger partial charge >= 0.3 is 0 Å². The molecular formula is C18H17ClN2O3. The monoisotopic (exact) mass is 344 g/mol. The normalized spacial score (nSPS) is 13.3.